The third kappa shape index (κ3) is 2.79. The van der Waals surface area contributed by atoms with Gasteiger partial charge in [-0.1, -0.05) is 12.1 Å². The summed E-state index contributed by atoms with van der Waals surface area (Å²) < 4.78 is 5.56. The van der Waals surface area contributed by atoms with E-state index in [-0.39, 0.29) is 12.0 Å². The molecule has 1 fully saturated rings. The number of rotatable bonds is 4. The second-order valence-corrected chi connectivity index (χ2v) is 5.25. The molecule has 0 aliphatic carbocycles. The van der Waals surface area contributed by atoms with Crippen molar-refractivity contribution in [3.63, 3.8) is 0 Å². The molecule has 1 aromatic carbocycles. The molecule has 0 bridgehead atoms. The lowest BCUT2D eigenvalue weighted by Gasteiger charge is -2.23. The fourth-order valence-electron chi connectivity index (χ4n) is 2.72. The summed E-state index contributed by atoms with van der Waals surface area (Å²) in [6.07, 6.45) is 7.75. The molecule has 2 heterocycles. The lowest BCUT2D eigenvalue weighted by Crippen LogP contribution is -2.27. The fourth-order valence-corrected chi connectivity index (χ4v) is 2.72. The third-order valence-corrected chi connectivity index (χ3v) is 3.81. The minimum absolute atomic E-state index is 0.210. The summed E-state index contributed by atoms with van der Waals surface area (Å²) >= 11 is 0. The predicted octanol–water partition coefficient (Wildman–Crippen LogP) is 2.92. The monoisotopic (exact) mass is 272 g/mol. The Morgan fingerprint density at radius 3 is 3.00 bits per heavy atom. The molecule has 3 rings (SSSR count). The number of benzene rings is 1. The van der Waals surface area contributed by atoms with Crippen LogP contribution in [0.3, 0.4) is 0 Å². The first-order chi connectivity index (χ1) is 9.84. The Balaban J connectivity index is 1.69. The van der Waals surface area contributed by atoms with Gasteiger partial charge in [-0.3, -0.25) is 4.79 Å². The van der Waals surface area contributed by atoms with Crippen molar-refractivity contribution in [2.45, 2.75) is 31.8 Å². The van der Waals surface area contributed by atoms with Gasteiger partial charge in [0.1, 0.15) is 6.10 Å². The molecule has 2 aliphatic heterocycles. The molecule has 1 N–H and O–H groups in total. The van der Waals surface area contributed by atoms with Crippen molar-refractivity contribution in [3.05, 3.63) is 36.6 Å². The van der Waals surface area contributed by atoms with Crippen LogP contribution in [0.15, 0.2) is 36.6 Å². The van der Waals surface area contributed by atoms with Crippen molar-refractivity contribution in [2.24, 2.45) is 0 Å². The Hall–Kier alpha value is -1.97. The minimum Gasteiger partial charge on any atom is -0.497 e. The van der Waals surface area contributed by atoms with Gasteiger partial charge in [-0.2, -0.15) is 0 Å². The molecule has 1 amide bonds. The van der Waals surface area contributed by atoms with Crippen LogP contribution in [0.1, 0.15) is 25.7 Å². The van der Waals surface area contributed by atoms with E-state index in [4.69, 9.17) is 4.74 Å². The van der Waals surface area contributed by atoms with Crippen molar-refractivity contribution in [1.29, 1.82) is 0 Å². The Labute approximate surface area is 119 Å². The average Bonchev–Trinajstić information content (AvgIpc) is 2.92. The lowest BCUT2D eigenvalue weighted by molar-refractivity contribution is -0.117. The van der Waals surface area contributed by atoms with Crippen LogP contribution in [0.5, 0.6) is 0 Å². The highest BCUT2D eigenvalue weighted by Gasteiger charge is 2.23. The maximum absolute atomic E-state index is 11.9. The van der Waals surface area contributed by atoms with Gasteiger partial charge in [0.25, 0.3) is 0 Å². The van der Waals surface area contributed by atoms with Gasteiger partial charge in [0.05, 0.1) is 24.2 Å². The number of hydrogen-bond acceptors (Lipinski definition) is 3. The average molecular weight is 272 g/mol. The molecular weight excluding hydrogens is 252 g/mol. The lowest BCUT2D eigenvalue weighted by atomic mass is 10.1. The standard InChI is InChI=1S/C16H20N2O2/c19-16-9-5-10-18(16)15-8-2-1-7-14(15)17-12-13-6-3-4-11-20-13/h1-2,4,7-8,11,13,17H,3,5-6,9-10,12H2. The maximum atomic E-state index is 11.9. The van der Waals surface area contributed by atoms with Crippen molar-refractivity contribution in [1.82, 2.24) is 0 Å². The molecule has 2 aliphatic rings. The normalized spacial score (nSPS) is 21.9. The van der Waals surface area contributed by atoms with Crippen LogP contribution in [0.4, 0.5) is 11.4 Å². The molecule has 4 heteroatoms. The predicted molar refractivity (Wildman–Crippen MR) is 79.8 cm³/mol. The molecule has 106 valence electrons. The molecule has 1 atom stereocenters. The third-order valence-electron chi connectivity index (χ3n) is 3.81. The van der Waals surface area contributed by atoms with Crippen LogP contribution in [0.25, 0.3) is 0 Å². The number of allylic oxidation sites excluding steroid dienone is 1. The number of amides is 1. The molecule has 20 heavy (non-hydrogen) atoms. The van der Waals surface area contributed by atoms with Crippen molar-refractivity contribution < 1.29 is 9.53 Å². The summed E-state index contributed by atoms with van der Waals surface area (Å²) in [5.41, 5.74) is 2.00. The van der Waals surface area contributed by atoms with Crippen LogP contribution in [-0.2, 0) is 9.53 Å². The summed E-state index contributed by atoms with van der Waals surface area (Å²) in [6, 6.07) is 8.01. The smallest absolute Gasteiger partial charge is 0.227 e. The zero-order valence-corrected chi connectivity index (χ0v) is 11.5. The molecule has 0 aromatic heterocycles. The van der Waals surface area contributed by atoms with Crippen molar-refractivity contribution >= 4 is 17.3 Å². The van der Waals surface area contributed by atoms with Crippen LogP contribution in [0.2, 0.25) is 0 Å². The van der Waals surface area contributed by atoms with Gasteiger partial charge >= 0.3 is 0 Å². The van der Waals surface area contributed by atoms with E-state index in [0.717, 1.165) is 43.7 Å². The Morgan fingerprint density at radius 2 is 2.25 bits per heavy atom. The Kier molecular flexibility index (Phi) is 3.90. The van der Waals surface area contributed by atoms with Gasteiger partial charge in [-0.05, 0) is 37.5 Å². The van der Waals surface area contributed by atoms with E-state index in [1.165, 1.54) is 0 Å². The molecule has 0 saturated carbocycles. The number of para-hydroxylation sites is 2. The van der Waals surface area contributed by atoms with E-state index in [1.54, 1.807) is 6.26 Å². The van der Waals surface area contributed by atoms with Gasteiger partial charge in [-0.25, -0.2) is 0 Å². The fraction of sp³-hybridized carbons (Fsp3) is 0.438. The minimum atomic E-state index is 0.210. The number of anilines is 2. The first kappa shape index (κ1) is 13.0. The zero-order valence-electron chi connectivity index (χ0n) is 11.5. The zero-order chi connectivity index (χ0) is 13.8. The molecule has 0 radical (unpaired) electrons. The molecule has 4 nitrogen and oxygen atoms in total. The second kappa shape index (κ2) is 5.99. The number of hydrogen-bond donors (Lipinski definition) is 1. The Morgan fingerprint density at radius 1 is 1.35 bits per heavy atom. The highest BCUT2D eigenvalue weighted by Crippen LogP contribution is 2.29. The maximum Gasteiger partial charge on any atom is 0.227 e. The largest absolute Gasteiger partial charge is 0.497 e. The van der Waals surface area contributed by atoms with E-state index in [0.29, 0.717) is 6.42 Å². The summed E-state index contributed by atoms with van der Waals surface area (Å²) in [6.45, 7) is 1.59. The highest BCUT2D eigenvalue weighted by atomic mass is 16.5. The summed E-state index contributed by atoms with van der Waals surface area (Å²) in [7, 11) is 0. The number of nitrogens with one attached hydrogen (secondary N) is 1. The first-order valence-corrected chi connectivity index (χ1v) is 7.28. The Bertz CT molecular complexity index is 513. The van der Waals surface area contributed by atoms with Gasteiger partial charge in [-0.15, -0.1) is 0 Å². The van der Waals surface area contributed by atoms with E-state index in [2.05, 4.69) is 5.32 Å². The van der Waals surface area contributed by atoms with Gasteiger partial charge in [0, 0.05) is 13.0 Å². The number of carbonyl (C=O) groups is 1. The van der Waals surface area contributed by atoms with Crippen LogP contribution in [-0.4, -0.2) is 25.1 Å². The molecule has 0 spiro atoms. The molecule has 1 aromatic rings. The second-order valence-electron chi connectivity index (χ2n) is 5.25. The topological polar surface area (TPSA) is 41.6 Å². The summed E-state index contributed by atoms with van der Waals surface area (Å²) in [4.78, 5) is 13.8. The number of nitrogens with zero attached hydrogens (tertiary/aromatic N) is 1. The first-order valence-electron chi connectivity index (χ1n) is 7.28. The van der Waals surface area contributed by atoms with Gasteiger partial charge in [0.15, 0.2) is 0 Å². The van der Waals surface area contributed by atoms with E-state index >= 15 is 0 Å². The van der Waals surface area contributed by atoms with Crippen LogP contribution < -0.4 is 10.2 Å². The van der Waals surface area contributed by atoms with E-state index in [1.807, 2.05) is 35.2 Å². The molecule has 1 saturated heterocycles. The number of carbonyl (C=O) groups excluding carboxylic acids is 1. The van der Waals surface area contributed by atoms with Crippen molar-refractivity contribution in [3.8, 4) is 0 Å². The highest BCUT2D eigenvalue weighted by molar-refractivity contribution is 5.98. The van der Waals surface area contributed by atoms with E-state index in [9.17, 15) is 4.79 Å². The van der Waals surface area contributed by atoms with Crippen LogP contribution in [0, 0.1) is 0 Å². The van der Waals surface area contributed by atoms with Crippen molar-refractivity contribution in [2.75, 3.05) is 23.3 Å². The SMILES string of the molecule is O=C1CCCN1c1ccccc1NCC1CCC=CO1. The molecular formula is C16H20N2O2. The van der Waals surface area contributed by atoms with Gasteiger partial charge < -0.3 is 15.0 Å². The van der Waals surface area contributed by atoms with Crippen LogP contribution >= 0.6 is 0 Å². The summed E-state index contributed by atoms with van der Waals surface area (Å²) in [5, 5.41) is 3.43. The summed E-state index contributed by atoms with van der Waals surface area (Å²) in [5.74, 6) is 0.219. The van der Waals surface area contributed by atoms with E-state index < -0.39 is 0 Å². The van der Waals surface area contributed by atoms with Gasteiger partial charge in [0.2, 0.25) is 5.91 Å². The quantitative estimate of drug-likeness (QED) is 0.916. The molecule has 1 unspecified atom stereocenters. The number of ether oxygens (including phenoxy) is 1.